The van der Waals surface area contributed by atoms with E-state index in [2.05, 4.69) is 45.9 Å². The number of carbonyl (C=O) groups is 5. The molecule has 1 heterocycles. The number of rotatable bonds is 13. The van der Waals surface area contributed by atoms with E-state index < -0.39 is 52.7 Å². The van der Waals surface area contributed by atoms with Crippen molar-refractivity contribution in [3.8, 4) is 12.3 Å². The molecule has 0 spiro atoms. The van der Waals surface area contributed by atoms with Gasteiger partial charge in [0.05, 0.1) is 6.04 Å². The summed E-state index contributed by atoms with van der Waals surface area (Å²) in [6.07, 6.45) is 13.5. The van der Waals surface area contributed by atoms with E-state index in [1.54, 1.807) is 4.90 Å². The molecule has 0 bridgehead atoms. The number of fused-ring (bicyclic) bond motifs is 1. The standard InChI is InChI=1S/C36H49N5O5/c1-6-8-17-27(29(42)32(44)37-20-7-2)38-31(43)28-26-21-25(26)23-41(28)33(45)30(35(3,4)5)39-34(46)40-36(18-13-10-14-19-36)22-24-15-11-9-12-16-24/h1,7,9,11-12,15-16,25-28,30H,2,8,10,13-14,17-23H2,3-5H3,(H,37,44)(H,38,43)(H2,39,40,46)/t25-,26-,27?,28-,30+/m0/s1. The first-order chi connectivity index (χ1) is 21.9. The summed E-state index contributed by atoms with van der Waals surface area (Å²) in [6.45, 7) is 9.69. The molecule has 10 heteroatoms. The zero-order chi connectivity index (χ0) is 33.5. The van der Waals surface area contributed by atoms with E-state index in [4.69, 9.17) is 6.42 Å². The Balaban J connectivity index is 1.49. The van der Waals surface area contributed by atoms with Crippen molar-refractivity contribution in [1.82, 2.24) is 26.2 Å². The van der Waals surface area contributed by atoms with Gasteiger partial charge in [-0.15, -0.1) is 18.9 Å². The SMILES string of the molecule is C#CCCC(NC(=O)[C@@H]1[C@H]2C[C@H]2CN1C(=O)[C@@H](NC(=O)NC1(Cc2ccccc2)CCCCC1)C(C)(C)C)C(=O)C(=O)NCC=C. The quantitative estimate of drug-likeness (QED) is 0.151. The highest BCUT2D eigenvalue weighted by atomic mass is 16.2. The highest BCUT2D eigenvalue weighted by molar-refractivity contribution is 6.38. The number of carbonyl (C=O) groups excluding carboxylic acids is 5. The van der Waals surface area contributed by atoms with E-state index in [0.29, 0.717) is 13.0 Å². The maximum atomic E-state index is 14.2. The van der Waals surface area contributed by atoms with Crippen molar-refractivity contribution in [3.05, 3.63) is 48.6 Å². The molecule has 1 aliphatic heterocycles. The average molecular weight is 632 g/mol. The summed E-state index contributed by atoms with van der Waals surface area (Å²) in [6, 6.07) is 6.87. The van der Waals surface area contributed by atoms with Gasteiger partial charge in [-0.2, -0.15) is 0 Å². The number of benzene rings is 1. The minimum atomic E-state index is -1.12. The third-order valence-corrected chi connectivity index (χ3v) is 9.51. The van der Waals surface area contributed by atoms with Crippen molar-refractivity contribution in [1.29, 1.82) is 0 Å². The second-order valence-corrected chi connectivity index (χ2v) is 14.2. The van der Waals surface area contributed by atoms with Crippen LogP contribution in [0.25, 0.3) is 0 Å². The lowest BCUT2D eigenvalue weighted by atomic mass is 9.77. The van der Waals surface area contributed by atoms with Crippen LogP contribution in [0.3, 0.4) is 0 Å². The second-order valence-electron chi connectivity index (χ2n) is 14.2. The van der Waals surface area contributed by atoms with Gasteiger partial charge in [0.25, 0.3) is 5.91 Å². The lowest BCUT2D eigenvalue weighted by molar-refractivity contribution is -0.144. The van der Waals surface area contributed by atoms with E-state index in [1.165, 1.54) is 6.08 Å². The van der Waals surface area contributed by atoms with Crippen molar-refractivity contribution < 1.29 is 24.0 Å². The Morgan fingerprint density at radius 3 is 2.41 bits per heavy atom. The molecule has 0 radical (unpaired) electrons. The van der Waals surface area contributed by atoms with Gasteiger partial charge in [0, 0.05) is 25.0 Å². The summed E-state index contributed by atoms with van der Waals surface area (Å²) in [5.41, 5.74) is 0.0799. The van der Waals surface area contributed by atoms with E-state index in [-0.39, 0.29) is 37.1 Å². The van der Waals surface area contributed by atoms with Gasteiger partial charge in [0.1, 0.15) is 12.1 Å². The summed E-state index contributed by atoms with van der Waals surface area (Å²) in [5.74, 6) is 0.103. The van der Waals surface area contributed by atoms with Crippen molar-refractivity contribution in [2.45, 2.75) is 102 Å². The monoisotopic (exact) mass is 631 g/mol. The van der Waals surface area contributed by atoms with Crippen LogP contribution in [0.2, 0.25) is 0 Å². The van der Waals surface area contributed by atoms with Crippen molar-refractivity contribution >= 4 is 29.5 Å². The van der Waals surface area contributed by atoms with Gasteiger partial charge >= 0.3 is 6.03 Å². The zero-order valence-electron chi connectivity index (χ0n) is 27.4. The molecule has 1 aromatic rings. The maximum Gasteiger partial charge on any atom is 0.315 e. The zero-order valence-corrected chi connectivity index (χ0v) is 27.4. The molecule has 10 nitrogen and oxygen atoms in total. The molecular weight excluding hydrogens is 582 g/mol. The number of hydrogen-bond acceptors (Lipinski definition) is 5. The Morgan fingerprint density at radius 2 is 1.78 bits per heavy atom. The summed E-state index contributed by atoms with van der Waals surface area (Å²) < 4.78 is 0. The Labute approximate surface area is 272 Å². The molecule has 2 aliphatic carbocycles. The van der Waals surface area contributed by atoms with Crippen molar-refractivity contribution in [3.63, 3.8) is 0 Å². The average Bonchev–Trinajstić information content (AvgIpc) is 3.68. The molecule has 0 aromatic heterocycles. The largest absolute Gasteiger partial charge is 0.346 e. The molecule has 2 saturated carbocycles. The molecule has 248 valence electrons. The number of ketones is 1. The van der Waals surface area contributed by atoms with Gasteiger partial charge < -0.3 is 26.2 Å². The van der Waals surface area contributed by atoms with Gasteiger partial charge in [-0.25, -0.2) is 4.79 Å². The smallest absolute Gasteiger partial charge is 0.315 e. The molecule has 1 aromatic carbocycles. The number of likely N-dealkylation sites (tertiary alicyclic amines) is 1. The number of hydrogen-bond donors (Lipinski definition) is 4. The molecule has 46 heavy (non-hydrogen) atoms. The van der Waals surface area contributed by atoms with Gasteiger partial charge in [0.2, 0.25) is 17.6 Å². The fourth-order valence-electron chi connectivity index (χ4n) is 6.98. The van der Waals surface area contributed by atoms with E-state index in [0.717, 1.165) is 44.1 Å². The number of piperidine rings is 1. The number of nitrogens with one attached hydrogen (secondary N) is 4. The fourth-order valence-corrected chi connectivity index (χ4v) is 6.98. The molecule has 3 aliphatic rings. The van der Waals surface area contributed by atoms with Crippen LogP contribution in [0.5, 0.6) is 0 Å². The van der Waals surface area contributed by atoms with Crippen LogP contribution in [0.4, 0.5) is 4.79 Å². The first kappa shape index (κ1) is 34.7. The van der Waals surface area contributed by atoms with E-state index >= 15 is 0 Å². The maximum absolute atomic E-state index is 14.2. The topological polar surface area (TPSA) is 137 Å². The Morgan fingerprint density at radius 1 is 1.09 bits per heavy atom. The lowest BCUT2D eigenvalue weighted by Gasteiger charge is -2.40. The predicted octanol–water partition coefficient (Wildman–Crippen LogP) is 3.26. The molecule has 4 rings (SSSR count). The molecular formula is C36H49N5O5. The van der Waals surface area contributed by atoms with Crippen LogP contribution in [0, 0.1) is 29.6 Å². The van der Waals surface area contributed by atoms with Gasteiger partial charge in [-0.05, 0) is 54.9 Å². The van der Waals surface area contributed by atoms with E-state index in [1.807, 2.05) is 39.0 Å². The van der Waals surface area contributed by atoms with Gasteiger partial charge in [-0.1, -0.05) is 76.4 Å². The third-order valence-electron chi connectivity index (χ3n) is 9.51. The summed E-state index contributed by atoms with van der Waals surface area (Å²) in [5, 5.41) is 11.4. The summed E-state index contributed by atoms with van der Waals surface area (Å²) in [4.78, 5) is 68.5. The molecule has 3 fully saturated rings. The normalized spacial score (nSPS) is 22.7. The number of urea groups is 1. The molecule has 5 atom stereocenters. The van der Waals surface area contributed by atoms with Crippen molar-refractivity contribution in [2.75, 3.05) is 13.1 Å². The summed E-state index contributed by atoms with van der Waals surface area (Å²) >= 11 is 0. The highest BCUT2D eigenvalue weighted by Gasteiger charge is 2.58. The van der Waals surface area contributed by atoms with Crippen molar-refractivity contribution in [2.24, 2.45) is 17.3 Å². The lowest BCUT2D eigenvalue weighted by Crippen LogP contribution is -2.63. The number of terminal acetylenes is 1. The van der Waals surface area contributed by atoms with Crippen LogP contribution in [-0.4, -0.2) is 71.2 Å². The number of amides is 5. The molecule has 1 saturated heterocycles. The van der Waals surface area contributed by atoms with Crippen LogP contribution in [0.1, 0.15) is 77.7 Å². The van der Waals surface area contributed by atoms with Gasteiger partial charge in [-0.3, -0.25) is 19.2 Å². The fraction of sp³-hybridized carbons (Fsp3) is 0.583. The number of nitrogens with zero attached hydrogens (tertiary/aromatic N) is 1. The molecule has 4 N–H and O–H groups in total. The summed E-state index contributed by atoms with van der Waals surface area (Å²) in [7, 11) is 0. The van der Waals surface area contributed by atoms with Crippen LogP contribution >= 0.6 is 0 Å². The minimum Gasteiger partial charge on any atom is -0.346 e. The van der Waals surface area contributed by atoms with Crippen LogP contribution in [-0.2, 0) is 25.6 Å². The van der Waals surface area contributed by atoms with E-state index in [9.17, 15) is 24.0 Å². The highest BCUT2D eigenvalue weighted by Crippen LogP contribution is 2.50. The van der Waals surface area contributed by atoms with Crippen LogP contribution in [0.15, 0.2) is 43.0 Å². The first-order valence-corrected chi connectivity index (χ1v) is 16.5. The molecule has 1 unspecified atom stereocenters. The second kappa shape index (κ2) is 15.0. The Bertz CT molecular complexity index is 1340. The van der Waals surface area contributed by atoms with Crippen LogP contribution < -0.4 is 21.3 Å². The Kier molecular flexibility index (Phi) is 11.3. The molecule has 5 amide bonds. The first-order valence-electron chi connectivity index (χ1n) is 16.5. The Hall–Kier alpha value is -4.13. The third kappa shape index (κ3) is 8.56. The van der Waals surface area contributed by atoms with Gasteiger partial charge in [0.15, 0.2) is 0 Å². The predicted molar refractivity (Wildman–Crippen MR) is 176 cm³/mol. The minimum absolute atomic E-state index is 0.0484. The number of Topliss-reactive ketones (excluding diaryl/α,β-unsaturated/α-hetero) is 1.